The summed E-state index contributed by atoms with van der Waals surface area (Å²) in [6.07, 6.45) is 5.83. The van der Waals surface area contributed by atoms with Gasteiger partial charge in [0.25, 0.3) is 0 Å². The summed E-state index contributed by atoms with van der Waals surface area (Å²) in [6.45, 7) is 4.45. The number of hydrogen-bond donors (Lipinski definition) is 1. The molecule has 1 fully saturated rings. The monoisotopic (exact) mass is 204 g/mol. The van der Waals surface area contributed by atoms with Crippen LogP contribution in [0.2, 0.25) is 0 Å². The number of aromatic nitrogens is 1. The molecule has 0 aliphatic heterocycles. The summed E-state index contributed by atoms with van der Waals surface area (Å²) in [7, 11) is 0. The van der Waals surface area contributed by atoms with Crippen LogP contribution < -0.4 is 5.32 Å². The molecule has 2 nitrogen and oxygen atoms in total. The van der Waals surface area contributed by atoms with E-state index in [9.17, 15) is 0 Å². The van der Waals surface area contributed by atoms with Crippen molar-refractivity contribution in [3.8, 4) is 0 Å². The van der Waals surface area contributed by atoms with Gasteiger partial charge in [0, 0.05) is 11.9 Å². The zero-order chi connectivity index (χ0) is 10.5. The quantitative estimate of drug-likeness (QED) is 0.795. The third-order valence-electron chi connectivity index (χ3n) is 3.43. The second kappa shape index (κ2) is 5.26. The molecule has 1 aromatic heterocycles. The average molecular weight is 204 g/mol. The highest BCUT2D eigenvalue weighted by molar-refractivity contribution is 5.05. The maximum absolute atomic E-state index is 4.39. The molecule has 1 saturated carbocycles. The molecule has 1 heterocycles. The molecule has 0 radical (unpaired) electrons. The fourth-order valence-corrected chi connectivity index (χ4v) is 2.29. The van der Waals surface area contributed by atoms with Crippen molar-refractivity contribution >= 4 is 0 Å². The van der Waals surface area contributed by atoms with E-state index in [4.69, 9.17) is 0 Å². The van der Waals surface area contributed by atoms with Crippen molar-refractivity contribution < 1.29 is 0 Å². The van der Waals surface area contributed by atoms with Crippen LogP contribution in [0.5, 0.6) is 0 Å². The first kappa shape index (κ1) is 10.6. The van der Waals surface area contributed by atoms with Crippen LogP contribution in [0.1, 0.15) is 25.5 Å². The van der Waals surface area contributed by atoms with Gasteiger partial charge in [-0.3, -0.25) is 4.98 Å². The fraction of sp³-hybridized carbons (Fsp3) is 0.615. The Morgan fingerprint density at radius 3 is 2.80 bits per heavy atom. The minimum Gasteiger partial charge on any atom is -0.317 e. The number of nitrogens with one attached hydrogen (secondary N) is 1. The molecule has 0 amide bonds. The minimum absolute atomic E-state index is 0.860. The molecule has 0 aromatic carbocycles. The van der Waals surface area contributed by atoms with E-state index in [1.807, 2.05) is 12.3 Å². The molecule has 0 saturated heterocycles. The van der Waals surface area contributed by atoms with Gasteiger partial charge in [0.05, 0.1) is 0 Å². The lowest BCUT2D eigenvalue weighted by molar-refractivity contribution is 0.170. The largest absolute Gasteiger partial charge is 0.317 e. The van der Waals surface area contributed by atoms with Gasteiger partial charge in [0.1, 0.15) is 0 Å². The Balaban J connectivity index is 1.80. The number of pyridine rings is 1. The SMILES string of the molecule is CCNCC1CCC1Cc1ccccn1. The average Bonchev–Trinajstić information content (AvgIpc) is 2.26. The van der Waals surface area contributed by atoms with Gasteiger partial charge in [-0.2, -0.15) is 0 Å². The van der Waals surface area contributed by atoms with Crippen LogP contribution in [0.25, 0.3) is 0 Å². The van der Waals surface area contributed by atoms with Crippen molar-refractivity contribution in [3.05, 3.63) is 30.1 Å². The molecule has 1 aliphatic rings. The molecule has 2 heteroatoms. The smallest absolute Gasteiger partial charge is 0.0406 e. The third-order valence-corrected chi connectivity index (χ3v) is 3.43. The summed E-state index contributed by atoms with van der Waals surface area (Å²) >= 11 is 0. The lowest BCUT2D eigenvalue weighted by Crippen LogP contribution is -2.36. The Labute approximate surface area is 92.1 Å². The summed E-state index contributed by atoms with van der Waals surface area (Å²) in [5.41, 5.74) is 1.25. The van der Waals surface area contributed by atoms with Crippen LogP contribution in [0, 0.1) is 11.8 Å². The number of nitrogens with zero attached hydrogens (tertiary/aromatic N) is 1. The molecule has 1 N–H and O–H groups in total. The van der Waals surface area contributed by atoms with Gasteiger partial charge in [-0.05, 0) is 56.3 Å². The van der Waals surface area contributed by atoms with E-state index in [2.05, 4.69) is 29.4 Å². The van der Waals surface area contributed by atoms with Crippen molar-refractivity contribution in [2.75, 3.05) is 13.1 Å². The lowest BCUT2D eigenvalue weighted by atomic mass is 9.71. The van der Waals surface area contributed by atoms with E-state index >= 15 is 0 Å². The molecule has 2 unspecified atom stereocenters. The van der Waals surface area contributed by atoms with Gasteiger partial charge in [0.15, 0.2) is 0 Å². The molecular formula is C13H20N2. The van der Waals surface area contributed by atoms with E-state index in [1.54, 1.807) is 0 Å². The predicted molar refractivity (Wildman–Crippen MR) is 62.7 cm³/mol. The standard InChI is InChI=1S/C13H20N2/c1-2-14-10-12-7-6-11(12)9-13-5-3-4-8-15-13/h3-5,8,11-12,14H,2,6-7,9-10H2,1H3. The maximum Gasteiger partial charge on any atom is 0.0406 e. The zero-order valence-electron chi connectivity index (χ0n) is 9.45. The summed E-state index contributed by atoms with van der Waals surface area (Å²) in [4.78, 5) is 4.39. The maximum atomic E-state index is 4.39. The van der Waals surface area contributed by atoms with E-state index in [0.29, 0.717) is 0 Å². The topological polar surface area (TPSA) is 24.9 Å². The number of hydrogen-bond acceptors (Lipinski definition) is 2. The lowest BCUT2D eigenvalue weighted by Gasteiger charge is -2.36. The third kappa shape index (κ3) is 2.78. The van der Waals surface area contributed by atoms with Gasteiger partial charge in [0.2, 0.25) is 0 Å². The Morgan fingerprint density at radius 2 is 2.20 bits per heavy atom. The molecule has 2 atom stereocenters. The van der Waals surface area contributed by atoms with Crippen molar-refractivity contribution in [1.29, 1.82) is 0 Å². The second-order valence-electron chi connectivity index (χ2n) is 4.43. The van der Waals surface area contributed by atoms with Crippen LogP contribution >= 0.6 is 0 Å². The Bertz CT molecular complexity index is 284. The molecule has 82 valence electrons. The highest BCUT2D eigenvalue weighted by Gasteiger charge is 2.30. The van der Waals surface area contributed by atoms with E-state index in [0.717, 1.165) is 24.8 Å². The van der Waals surface area contributed by atoms with E-state index in [-0.39, 0.29) is 0 Å². The first-order chi connectivity index (χ1) is 7.40. The molecule has 0 bridgehead atoms. The molecular weight excluding hydrogens is 184 g/mol. The first-order valence-corrected chi connectivity index (χ1v) is 6.00. The van der Waals surface area contributed by atoms with Gasteiger partial charge >= 0.3 is 0 Å². The zero-order valence-corrected chi connectivity index (χ0v) is 9.45. The van der Waals surface area contributed by atoms with Crippen LogP contribution in [0.3, 0.4) is 0 Å². The van der Waals surface area contributed by atoms with E-state index in [1.165, 1.54) is 25.1 Å². The minimum atomic E-state index is 0.860. The van der Waals surface area contributed by atoms with Crippen LogP contribution in [0.15, 0.2) is 24.4 Å². The van der Waals surface area contributed by atoms with Crippen molar-refractivity contribution in [2.24, 2.45) is 11.8 Å². The predicted octanol–water partition coefficient (Wildman–Crippen LogP) is 2.26. The van der Waals surface area contributed by atoms with Gasteiger partial charge in [-0.1, -0.05) is 13.0 Å². The molecule has 0 spiro atoms. The van der Waals surface area contributed by atoms with Gasteiger partial charge in [-0.15, -0.1) is 0 Å². The summed E-state index contributed by atoms with van der Waals surface area (Å²) in [6, 6.07) is 6.21. The molecule has 15 heavy (non-hydrogen) atoms. The second-order valence-corrected chi connectivity index (χ2v) is 4.43. The van der Waals surface area contributed by atoms with E-state index < -0.39 is 0 Å². The summed E-state index contributed by atoms with van der Waals surface area (Å²) in [5, 5.41) is 3.45. The first-order valence-electron chi connectivity index (χ1n) is 6.00. The Kier molecular flexibility index (Phi) is 3.73. The van der Waals surface area contributed by atoms with Crippen molar-refractivity contribution in [1.82, 2.24) is 10.3 Å². The summed E-state index contributed by atoms with van der Waals surface area (Å²) in [5.74, 6) is 1.74. The number of rotatable bonds is 5. The summed E-state index contributed by atoms with van der Waals surface area (Å²) < 4.78 is 0. The fourth-order valence-electron chi connectivity index (χ4n) is 2.29. The van der Waals surface area contributed by atoms with Crippen molar-refractivity contribution in [3.63, 3.8) is 0 Å². The Hall–Kier alpha value is -0.890. The van der Waals surface area contributed by atoms with Crippen LogP contribution in [0.4, 0.5) is 0 Å². The van der Waals surface area contributed by atoms with Gasteiger partial charge in [-0.25, -0.2) is 0 Å². The molecule has 2 rings (SSSR count). The highest BCUT2D eigenvalue weighted by Crippen LogP contribution is 2.35. The molecule has 1 aromatic rings. The molecule has 1 aliphatic carbocycles. The van der Waals surface area contributed by atoms with Gasteiger partial charge < -0.3 is 5.32 Å². The normalized spacial score (nSPS) is 24.9. The van der Waals surface area contributed by atoms with Crippen molar-refractivity contribution in [2.45, 2.75) is 26.2 Å². The Morgan fingerprint density at radius 1 is 1.33 bits per heavy atom. The van der Waals surface area contributed by atoms with Crippen LogP contribution in [-0.4, -0.2) is 18.1 Å². The highest BCUT2D eigenvalue weighted by atomic mass is 14.9. The van der Waals surface area contributed by atoms with Crippen LogP contribution in [-0.2, 0) is 6.42 Å².